The summed E-state index contributed by atoms with van der Waals surface area (Å²) in [6, 6.07) is 14.5. The van der Waals surface area contributed by atoms with Gasteiger partial charge in [0.2, 0.25) is 11.8 Å². The van der Waals surface area contributed by atoms with E-state index in [2.05, 4.69) is 10.6 Å². The average Bonchev–Trinajstić information content (AvgIpc) is 2.77. The van der Waals surface area contributed by atoms with Crippen molar-refractivity contribution in [1.29, 1.82) is 5.26 Å². The molecule has 1 unspecified atom stereocenters. The van der Waals surface area contributed by atoms with Crippen LogP contribution in [0.5, 0.6) is 5.75 Å². The quantitative estimate of drug-likeness (QED) is 0.513. The second-order valence-electron chi connectivity index (χ2n) is 8.69. The van der Waals surface area contributed by atoms with Gasteiger partial charge in [0, 0.05) is 6.54 Å². The summed E-state index contributed by atoms with van der Waals surface area (Å²) in [5.74, 6) is -1.11. The molecular formula is C25H30N4O5. The standard InChI is InChI=1S/C25H30N4O5/c1-17-14-19(10-11-20(17)30)22(23(32)27-15-18-8-6-5-7-9-18)29(13-12-26)21(31)16-28-24(33)34-25(2,3)4/h5-11,14,22,30H,13,15-16H2,1-4H3,(H,27,32)(H,28,33). The number of nitrogens with one attached hydrogen (secondary N) is 2. The fourth-order valence-corrected chi connectivity index (χ4v) is 3.17. The molecule has 0 saturated heterocycles. The van der Waals surface area contributed by atoms with E-state index in [1.807, 2.05) is 36.4 Å². The molecule has 0 aromatic heterocycles. The van der Waals surface area contributed by atoms with Crippen molar-refractivity contribution in [3.8, 4) is 11.8 Å². The van der Waals surface area contributed by atoms with E-state index >= 15 is 0 Å². The highest BCUT2D eigenvalue weighted by atomic mass is 16.6. The van der Waals surface area contributed by atoms with Gasteiger partial charge in [-0.3, -0.25) is 9.59 Å². The molecule has 9 nitrogen and oxygen atoms in total. The van der Waals surface area contributed by atoms with Gasteiger partial charge in [-0.25, -0.2) is 4.79 Å². The van der Waals surface area contributed by atoms with Crippen LogP contribution in [0.3, 0.4) is 0 Å². The number of alkyl carbamates (subject to hydrolysis) is 1. The van der Waals surface area contributed by atoms with Gasteiger partial charge in [-0.1, -0.05) is 36.4 Å². The normalized spacial score (nSPS) is 11.6. The lowest BCUT2D eigenvalue weighted by Gasteiger charge is -2.30. The lowest BCUT2D eigenvalue weighted by atomic mass is 10.0. The Morgan fingerprint density at radius 2 is 1.79 bits per heavy atom. The number of aromatic hydroxyl groups is 1. The van der Waals surface area contributed by atoms with E-state index in [0.29, 0.717) is 11.1 Å². The summed E-state index contributed by atoms with van der Waals surface area (Å²) in [5.41, 5.74) is 1.04. The van der Waals surface area contributed by atoms with Gasteiger partial charge in [-0.15, -0.1) is 0 Å². The van der Waals surface area contributed by atoms with Gasteiger partial charge in [0.05, 0.1) is 6.07 Å². The summed E-state index contributed by atoms with van der Waals surface area (Å²) in [7, 11) is 0. The molecule has 2 aromatic carbocycles. The first kappa shape index (κ1) is 26.2. The number of nitriles is 1. The largest absolute Gasteiger partial charge is 0.508 e. The zero-order chi connectivity index (χ0) is 25.3. The van der Waals surface area contributed by atoms with E-state index in [-0.39, 0.29) is 12.3 Å². The molecule has 0 aliphatic carbocycles. The Hall–Kier alpha value is -4.06. The second-order valence-corrected chi connectivity index (χ2v) is 8.69. The number of hydrogen-bond donors (Lipinski definition) is 3. The Morgan fingerprint density at radius 3 is 2.38 bits per heavy atom. The molecule has 1 atom stereocenters. The highest BCUT2D eigenvalue weighted by molar-refractivity contribution is 5.90. The van der Waals surface area contributed by atoms with Crippen LogP contribution < -0.4 is 10.6 Å². The summed E-state index contributed by atoms with van der Waals surface area (Å²) >= 11 is 0. The average molecular weight is 467 g/mol. The number of rotatable bonds is 8. The van der Waals surface area contributed by atoms with E-state index in [0.717, 1.165) is 10.5 Å². The summed E-state index contributed by atoms with van der Waals surface area (Å²) < 4.78 is 5.14. The fourth-order valence-electron chi connectivity index (χ4n) is 3.17. The molecule has 0 fully saturated rings. The number of benzene rings is 2. The molecular weight excluding hydrogens is 436 g/mol. The Morgan fingerprint density at radius 1 is 1.12 bits per heavy atom. The molecule has 0 aliphatic heterocycles. The van der Waals surface area contributed by atoms with E-state index in [9.17, 15) is 24.8 Å². The van der Waals surface area contributed by atoms with Crippen molar-refractivity contribution < 1.29 is 24.2 Å². The van der Waals surface area contributed by atoms with Crippen molar-refractivity contribution in [1.82, 2.24) is 15.5 Å². The summed E-state index contributed by atoms with van der Waals surface area (Å²) in [4.78, 5) is 39.4. The Labute approximate surface area is 199 Å². The Bertz CT molecular complexity index is 1060. The van der Waals surface area contributed by atoms with Crippen LogP contribution in [0.1, 0.15) is 43.5 Å². The monoisotopic (exact) mass is 466 g/mol. The van der Waals surface area contributed by atoms with Crippen LogP contribution in [0, 0.1) is 18.3 Å². The van der Waals surface area contributed by atoms with E-state index in [4.69, 9.17) is 4.74 Å². The van der Waals surface area contributed by atoms with Gasteiger partial charge in [0.25, 0.3) is 0 Å². The lowest BCUT2D eigenvalue weighted by Crippen LogP contribution is -2.48. The zero-order valence-corrected chi connectivity index (χ0v) is 19.8. The SMILES string of the molecule is Cc1cc(C(C(=O)NCc2ccccc2)N(CC#N)C(=O)CNC(=O)OC(C)(C)C)ccc1O. The van der Waals surface area contributed by atoms with Gasteiger partial charge in [-0.2, -0.15) is 5.26 Å². The van der Waals surface area contributed by atoms with Gasteiger partial charge >= 0.3 is 6.09 Å². The number of ether oxygens (including phenoxy) is 1. The predicted molar refractivity (Wildman–Crippen MR) is 125 cm³/mol. The van der Waals surface area contributed by atoms with Crippen molar-refractivity contribution in [2.45, 2.75) is 45.9 Å². The van der Waals surface area contributed by atoms with Crippen LogP contribution in [-0.4, -0.2) is 46.6 Å². The van der Waals surface area contributed by atoms with Crippen LogP contribution >= 0.6 is 0 Å². The Kier molecular flexibility index (Phi) is 9.01. The highest BCUT2D eigenvalue weighted by Crippen LogP contribution is 2.26. The first-order valence-corrected chi connectivity index (χ1v) is 10.8. The van der Waals surface area contributed by atoms with E-state index in [1.165, 1.54) is 12.1 Å². The van der Waals surface area contributed by atoms with Gasteiger partial charge in [0.1, 0.15) is 30.5 Å². The highest BCUT2D eigenvalue weighted by Gasteiger charge is 2.32. The number of hydrogen-bond acceptors (Lipinski definition) is 6. The number of phenols is 1. The topological polar surface area (TPSA) is 132 Å². The minimum absolute atomic E-state index is 0.0388. The van der Waals surface area contributed by atoms with Gasteiger partial charge < -0.3 is 25.4 Å². The molecule has 0 spiro atoms. The third kappa shape index (κ3) is 7.81. The molecule has 0 heterocycles. The number of phenolic OH excluding ortho intramolecular Hbond substituents is 1. The Balaban J connectivity index is 2.29. The van der Waals surface area contributed by atoms with E-state index < -0.39 is 42.6 Å². The molecule has 2 rings (SSSR count). The minimum atomic E-state index is -1.16. The summed E-state index contributed by atoms with van der Waals surface area (Å²) in [6.45, 7) is 6.11. The first-order valence-electron chi connectivity index (χ1n) is 10.8. The van der Waals surface area contributed by atoms with Crippen molar-refractivity contribution in [2.75, 3.05) is 13.1 Å². The molecule has 0 radical (unpaired) electrons. The van der Waals surface area contributed by atoms with Crippen molar-refractivity contribution >= 4 is 17.9 Å². The van der Waals surface area contributed by atoms with Gasteiger partial charge in [0.15, 0.2) is 0 Å². The number of carbonyl (C=O) groups is 3. The molecule has 3 N–H and O–H groups in total. The molecule has 0 saturated carbocycles. The number of carbonyl (C=O) groups excluding carboxylic acids is 3. The maximum absolute atomic E-state index is 13.3. The smallest absolute Gasteiger partial charge is 0.408 e. The maximum Gasteiger partial charge on any atom is 0.408 e. The molecule has 0 aliphatic rings. The van der Waals surface area contributed by atoms with Crippen molar-refractivity contribution in [3.05, 3.63) is 65.2 Å². The molecule has 0 bridgehead atoms. The molecule has 2 aromatic rings. The first-order chi connectivity index (χ1) is 16.0. The molecule has 34 heavy (non-hydrogen) atoms. The molecule has 3 amide bonds. The van der Waals surface area contributed by atoms with Crippen LogP contribution in [0.2, 0.25) is 0 Å². The second kappa shape index (κ2) is 11.7. The predicted octanol–water partition coefficient (Wildman–Crippen LogP) is 2.94. The van der Waals surface area contributed by atoms with Crippen molar-refractivity contribution in [3.63, 3.8) is 0 Å². The number of nitrogens with zero attached hydrogens (tertiary/aromatic N) is 2. The summed E-state index contributed by atoms with van der Waals surface area (Å²) in [6.07, 6.45) is -0.789. The summed E-state index contributed by atoms with van der Waals surface area (Å²) in [5, 5.41) is 24.5. The maximum atomic E-state index is 13.3. The lowest BCUT2D eigenvalue weighted by molar-refractivity contribution is -0.139. The van der Waals surface area contributed by atoms with Crippen LogP contribution in [0.15, 0.2) is 48.5 Å². The number of aryl methyl sites for hydroxylation is 1. The van der Waals surface area contributed by atoms with Crippen LogP contribution in [-0.2, 0) is 20.9 Å². The van der Waals surface area contributed by atoms with E-state index in [1.54, 1.807) is 33.8 Å². The zero-order valence-electron chi connectivity index (χ0n) is 19.8. The molecule has 9 heteroatoms. The third-order valence-electron chi connectivity index (χ3n) is 4.75. The van der Waals surface area contributed by atoms with Crippen LogP contribution in [0.4, 0.5) is 4.79 Å². The van der Waals surface area contributed by atoms with Gasteiger partial charge in [-0.05, 0) is 56.5 Å². The van der Waals surface area contributed by atoms with Crippen LogP contribution in [0.25, 0.3) is 0 Å². The third-order valence-corrected chi connectivity index (χ3v) is 4.75. The van der Waals surface area contributed by atoms with Crippen molar-refractivity contribution in [2.24, 2.45) is 0 Å². The number of amides is 3. The minimum Gasteiger partial charge on any atom is -0.508 e. The fraction of sp³-hybridized carbons (Fsp3) is 0.360. The molecule has 180 valence electrons.